The number of benzene rings is 1. The zero-order valence-corrected chi connectivity index (χ0v) is 12.6. The lowest BCUT2D eigenvalue weighted by molar-refractivity contribution is 0.267. The SMILES string of the molecule is CCC1CNC2(CCCC2)CN1c1ccc(F)c(C)c1. The van der Waals surface area contributed by atoms with E-state index in [4.69, 9.17) is 0 Å². The third-order valence-corrected chi connectivity index (χ3v) is 5.13. The number of anilines is 1. The molecule has 1 atom stereocenters. The number of piperazine rings is 1. The zero-order chi connectivity index (χ0) is 14.2. The van der Waals surface area contributed by atoms with Crippen LogP contribution >= 0.6 is 0 Å². The molecule has 1 aromatic rings. The van der Waals surface area contributed by atoms with E-state index in [2.05, 4.69) is 17.1 Å². The van der Waals surface area contributed by atoms with Gasteiger partial charge in [0.25, 0.3) is 0 Å². The van der Waals surface area contributed by atoms with E-state index in [1.165, 1.54) is 31.4 Å². The summed E-state index contributed by atoms with van der Waals surface area (Å²) in [6, 6.07) is 6.08. The Morgan fingerprint density at radius 1 is 1.35 bits per heavy atom. The van der Waals surface area contributed by atoms with Crippen LogP contribution in [0.5, 0.6) is 0 Å². The zero-order valence-electron chi connectivity index (χ0n) is 12.6. The second-order valence-electron chi connectivity index (χ2n) is 6.49. The topological polar surface area (TPSA) is 15.3 Å². The summed E-state index contributed by atoms with van der Waals surface area (Å²) in [7, 11) is 0. The molecule has 1 spiro atoms. The molecule has 3 heteroatoms. The smallest absolute Gasteiger partial charge is 0.126 e. The largest absolute Gasteiger partial charge is 0.365 e. The molecule has 2 aliphatic rings. The average Bonchev–Trinajstić information content (AvgIpc) is 2.90. The number of halogens is 1. The van der Waals surface area contributed by atoms with E-state index in [0.717, 1.165) is 25.1 Å². The van der Waals surface area contributed by atoms with Crippen LogP contribution in [0.4, 0.5) is 10.1 Å². The van der Waals surface area contributed by atoms with E-state index in [0.29, 0.717) is 11.6 Å². The minimum Gasteiger partial charge on any atom is -0.365 e. The number of nitrogens with zero attached hydrogens (tertiary/aromatic N) is 1. The summed E-state index contributed by atoms with van der Waals surface area (Å²) >= 11 is 0. The Balaban J connectivity index is 1.88. The summed E-state index contributed by atoms with van der Waals surface area (Å²) in [6.45, 7) is 6.21. The molecule has 1 saturated carbocycles. The van der Waals surface area contributed by atoms with Gasteiger partial charge in [-0.15, -0.1) is 0 Å². The Bertz CT molecular complexity index is 480. The van der Waals surface area contributed by atoms with Gasteiger partial charge in [-0.3, -0.25) is 0 Å². The van der Waals surface area contributed by atoms with Gasteiger partial charge in [-0.05, 0) is 49.9 Å². The third-order valence-electron chi connectivity index (χ3n) is 5.13. The van der Waals surface area contributed by atoms with Gasteiger partial charge in [-0.1, -0.05) is 19.8 Å². The van der Waals surface area contributed by atoms with E-state index in [9.17, 15) is 4.39 Å². The predicted octanol–water partition coefficient (Wildman–Crippen LogP) is 3.64. The van der Waals surface area contributed by atoms with Crippen LogP contribution in [0.1, 0.15) is 44.6 Å². The monoisotopic (exact) mass is 276 g/mol. The highest BCUT2D eigenvalue weighted by atomic mass is 19.1. The van der Waals surface area contributed by atoms with Gasteiger partial charge >= 0.3 is 0 Å². The van der Waals surface area contributed by atoms with Gasteiger partial charge in [0.05, 0.1) is 0 Å². The molecular weight excluding hydrogens is 251 g/mol. The fourth-order valence-electron chi connectivity index (χ4n) is 3.82. The molecule has 2 fully saturated rings. The second kappa shape index (κ2) is 5.36. The molecule has 0 aromatic heterocycles. The Hall–Kier alpha value is -1.09. The standard InChI is InChI=1S/C17H25FN2/c1-3-14-11-19-17(8-4-5-9-17)12-20(14)15-6-7-16(18)13(2)10-15/h6-7,10,14,19H,3-5,8-9,11-12H2,1-2H3. The van der Waals surface area contributed by atoms with Crippen molar-refractivity contribution in [3.8, 4) is 0 Å². The van der Waals surface area contributed by atoms with Crippen molar-refractivity contribution in [2.24, 2.45) is 0 Å². The maximum absolute atomic E-state index is 13.5. The van der Waals surface area contributed by atoms with Crippen molar-refractivity contribution in [3.05, 3.63) is 29.6 Å². The predicted molar refractivity (Wildman–Crippen MR) is 81.8 cm³/mol. The number of aryl methyl sites for hydroxylation is 1. The summed E-state index contributed by atoms with van der Waals surface area (Å²) in [5, 5.41) is 3.81. The second-order valence-corrected chi connectivity index (χ2v) is 6.49. The minimum absolute atomic E-state index is 0.104. The van der Waals surface area contributed by atoms with Gasteiger partial charge in [0.15, 0.2) is 0 Å². The number of rotatable bonds is 2. The van der Waals surface area contributed by atoms with Crippen molar-refractivity contribution in [2.45, 2.75) is 57.5 Å². The molecule has 1 aromatic carbocycles. The first-order valence-electron chi connectivity index (χ1n) is 7.91. The third kappa shape index (κ3) is 2.44. The van der Waals surface area contributed by atoms with Crippen molar-refractivity contribution in [2.75, 3.05) is 18.0 Å². The van der Waals surface area contributed by atoms with Crippen LogP contribution in [0.25, 0.3) is 0 Å². The minimum atomic E-state index is -0.104. The highest BCUT2D eigenvalue weighted by molar-refractivity contribution is 5.51. The lowest BCUT2D eigenvalue weighted by Gasteiger charge is -2.47. The van der Waals surface area contributed by atoms with Crippen molar-refractivity contribution in [1.29, 1.82) is 0 Å². The first kappa shape index (κ1) is 13.9. The molecule has 1 unspecified atom stereocenters. The fourth-order valence-corrected chi connectivity index (χ4v) is 3.82. The van der Waals surface area contributed by atoms with Crippen LogP contribution < -0.4 is 10.2 Å². The molecule has 20 heavy (non-hydrogen) atoms. The fraction of sp³-hybridized carbons (Fsp3) is 0.647. The van der Waals surface area contributed by atoms with Gasteiger partial charge in [0, 0.05) is 30.4 Å². The molecule has 1 heterocycles. The van der Waals surface area contributed by atoms with Gasteiger partial charge in [-0.2, -0.15) is 0 Å². The van der Waals surface area contributed by atoms with Crippen molar-refractivity contribution in [3.63, 3.8) is 0 Å². The quantitative estimate of drug-likeness (QED) is 0.887. The van der Waals surface area contributed by atoms with Gasteiger partial charge in [0.2, 0.25) is 0 Å². The molecule has 1 aliphatic heterocycles. The Morgan fingerprint density at radius 2 is 2.10 bits per heavy atom. The normalized spacial score (nSPS) is 25.4. The highest BCUT2D eigenvalue weighted by Crippen LogP contribution is 2.35. The Kier molecular flexibility index (Phi) is 3.72. The number of hydrogen-bond donors (Lipinski definition) is 1. The molecular formula is C17H25FN2. The molecule has 1 saturated heterocycles. The number of hydrogen-bond acceptors (Lipinski definition) is 2. The highest BCUT2D eigenvalue weighted by Gasteiger charge is 2.40. The van der Waals surface area contributed by atoms with Crippen molar-refractivity contribution < 1.29 is 4.39 Å². The molecule has 110 valence electrons. The summed E-state index contributed by atoms with van der Waals surface area (Å²) < 4.78 is 13.5. The molecule has 0 bridgehead atoms. The molecule has 2 nitrogen and oxygen atoms in total. The molecule has 0 amide bonds. The molecule has 1 aliphatic carbocycles. The van der Waals surface area contributed by atoms with Gasteiger partial charge in [0.1, 0.15) is 5.82 Å². The van der Waals surface area contributed by atoms with Gasteiger partial charge < -0.3 is 10.2 Å². The Morgan fingerprint density at radius 3 is 2.75 bits per heavy atom. The van der Waals surface area contributed by atoms with Crippen LogP contribution in [0.3, 0.4) is 0 Å². The van der Waals surface area contributed by atoms with Crippen LogP contribution in [0, 0.1) is 12.7 Å². The maximum atomic E-state index is 13.5. The first-order chi connectivity index (χ1) is 9.63. The van der Waals surface area contributed by atoms with Crippen LogP contribution in [0.2, 0.25) is 0 Å². The van der Waals surface area contributed by atoms with E-state index in [1.54, 1.807) is 6.07 Å². The lowest BCUT2D eigenvalue weighted by Crippen LogP contribution is -2.63. The maximum Gasteiger partial charge on any atom is 0.126 e. The van der Waals surface area contributed by atoms with E-state index in [1.807, 2.05) is 19.1 Å². The van der Waals surface area contributed by atoms with E-state index in [-0.39, 0.29) is 5.82 Å². The molecule has 3 rings (SSSR count). The van der Waals surface area contributed by atoms with Crippen molar-refractivity contribution >= 4 is 5.69 Å². The van der Waals surface area contributed by atoms with Crippen LogP contribution in [-0.4, -0.2) is 24.7 Å². The summed E-state index contributed by atoms with van der Waals surface area (Å²) in [5.41, 5.74) is 2.23. The van der Waals surface area contributed by atoms with Gasteiger partial charge in [-0.25, -0.2) is 4.39 Å². The van der Waals surface area contributed by atoms with E-state index < -0.39 is 0 Å². The summed E-state index contributed by atoms with van der Waals surface area (Å²) in [6.07, 6.45) is 6.35. The first-order valence-corrected chi connectivity index (χ1v) is 7.91. The molecule has 1 N–H and O–H groups in total. The van der Waals surface area contributed by atoms with Crippen LogP contribution in [0.15, 0.2) is 18.2 Å². The van der Waals surface area contributed by atoms with Crippen LogP contribution in [-0.2, 0) is 0 Å². The lowest BCUT2D eigenvalue weighted by atomic mass is 9.91. The van der Waals surface area contributed by atoms with Crippen molar-refractivity contribution in [1.82, 2.24) is 5.32 Å². The Labute approximate surface area is 121 Å². The summed E-state index contributed by atoms with van der Waals surface area (Å²) in [5.74, 6) is -0.104. The number of nitrogens with one attached hydrogen (secondary N) is 1. The average molecular weight is 276 g/mol. The molecule has 0 radical (unpaired) electrons. The summed E-state index contributed by atoms with van der Waals surface area (Å²) in [4.78, 5) is 2.51. The van der Waals surface area contributed by atoms with E-state index >= 15 is 0 Å².